The third kappa shape index (κ3) is 4.06. The summed E-state index contributed by atoms with van der Waals surface area (Å²) in [7, 11) is 4.74. The molecule has 0 spiro atoms. The van der Waals surface area contributed by atoms with Crippen LogP contribution in [0.3, 0.4) is 0 Å². The van der Waals surface area contributed by atoms with Crippen LogP contribution in [0.1, 0.15) is 11.4 Å². The summed E-state index contributed by atoms with van der Waals surface area (Å²) in [4.78, 5) is 26.3. The Kier molecular flexibility index (Phi) is 5.93. The van der Waals surface area contributed by atoms with Gasteiger partial charge in [-0.05, 0) is 34.9 Å². The quantitative estimate of drug-likeness (QED) is 0.387. The SMILES string of the molecule is COc1ccc(F)c(F)c1-n1nc(N(C)C)c2c(=O)[nH]c(Cc3ccc(-c4cccnc4)cc3)nc21. The Morgan fingerprint density at radius 3 is 2.50 bits per heavy atom. The molecule has 3 aromatic heterocycles. The minimum Gasteiger partial charge on any atom is -0.494 e. The second-order valence-corrected chi connectivity index (χ2v) is 8.37. The van der Waals surface area contributed by atoms with Crippen LogP contribution in [0.2, 0.25) is 0 Å². The fraction of sp³-hybridized carbons (Fsp3) is 0.154. The summed E-state index contributed by atoms with van der Waals surface area (Å²) in [5.41, 5.74) is 2.29. The smallest absolute Gasteiger partial charge is 0.264 e. The Hall–Kier alpha value is -4.60. The van der Waals surface area contributed by atoms with Crippen molar-refractivity contribution >= 4 is 16.9 Å². The van der Waals surface area contributed by atoms with Crippen molar-refractivity contribution in [2.24, 2.45) is 0 Å². The Balaban J connectivity index is 1.62. The highest BCUT2D eigenvalue weighted by atomic mass is 19.2. The van der Waals surface area contributed by atoms with Crippen molar-refractivity contribution in [3.05, 3.63) is 94.3 Å². The summed E-state index contributed by atoms with van der Waals surface area (Å²) >= 11 is 0. The zero-order valence-electron chi connectivity index (χ0n) is 19.8. The van der Waals surface area contributed by atoms with Gasteiger partial charge in [0.1, 0.15) is 22.6 Å². The molecule has 0 radical (unpaired) electrons. The number of anilines is 1. The summed E-state index contributed by atoms with van der Waals surface area (Å²) in [5, 5.41) is 4.55. The predicted octanol–water partition coefficient (Wildman–Crippen LogP) is 4.11. The van der Waals surface area contributed by atoms with Crippen LogP contribution in [0.25, 0.3) is 27.8 Å². The highest BCUT2D eigenvalue weighted by Gasteiger charge is 2.25. The summed E-state index contributed by atoms with van der Waals surface area (Å²) in [6.07, 6.45) is 3.81. The van der Waals surface area contributed by atoms with Gasteiger partial charge >= 0.3 is 0 Å². The number of fused-ring (bicyclic) bond motifs is 1. The molecule has 5 rings (SSSR count). The van der Waals surface area contributed by atoms with Crippen LogP contribution in [0.4, 0.5) is 14.6 Å². The van der Waals surface area contributed by atoms with Crippen LogP contribution in [0.15, 0.2) is 65.7 Å². The number of pyridine rings is 1. The van der Waals surface area contributed by atoms with Gasteiger partial charge in [-0.1, -0.05) is 30.3 Å². The molecule has 36 heavy (non-hydrogen) atoms. The highest BCUT2D eigenvalue weighted by molar-refractivity contribution is 5.88. The molecule has 0 saturated heterocycles. The van der Waals surface area contributed by atoms with Gasteiger partial charge in [-0.3, -0.25) is 9.78 Å². The average molecular weight is 488 g/mol. The summed E-state index contributed by atoms with van der Waals surface area (Å²) in [5.74, 6) is -1.56. The minimum absolute atomic E-state index is 0.0539. The molecule has 1 N–H and O–H groups in total. The number of hydrogen-bond acceptors (Lipinski definition) is 6. The lowest BCUT2D eigenvalue weighted by atomic mass is 10.0. The minimum atomic E-state index is -1.15. The molecule has 0 aliphatic heterocycles. The first kappa shape index (κ1) is 23.2. The fourth-order valence-corrected chi connectivity index (χ4v) is 4.03. The first-order valence-corrected chi connectivity index (χ1v) is 11.1. The zero-order chi connectivity index (χ0) is 25.4. The number of aromatic nitrogens is 5. The fourth-order valence-electron chi connectivity index (χ4n) is 4.03. The molecule has 0 atom stereocenters. The van der Waals surface area contributed by atoms with E-state index in [9.17, 15) is 13.6 Å². The number of halogens is 2. The second-order valence-electron chi connectivity index (χ2n) is 8.37. The Morgan fingerprint density at radius 1 is 1.06 bits per heavy atom. The van der Waals surface area contributed by atoms with Crippen LogP contribution < -0.4 is 15.2 Å². The third-order valence-corrected chi connectivity index (χ3v) is 5.78. The maximum Gasteiger partial charge on any atom is 0.264 e. The molecule has 2 aromatic carbocycles. The number of aromatic amines is 1. The first-order chi connectivity index (χ1) is 17.4. The van der Waals surface area contributed by atoms with Crippen molar-refractivity contribution in [3.63, 3.8) is 0 Å². The molecule has 0 bridgehead atoms. The number of hydrogen-bond donors (Lipinski definition) is 1. The lowest BCUT2D eigenvalue weighted by Crippen LogP contribution is -2.16. The number of nitrogens with zero attached hydrogens (tertiary/aromatic N) is 5. The third-order valence-electron chi connectivity index (χ3n) is 5.78. The van der Waals surface area contributed by atoms with E-state index in [0.29, 0.717) is 12.2 Å². The van der Waals surface area contributed by atoms with Crippen LogP contribution in [0.5, 0.6) is 5.75 Å². The summed E-state index contributed by atoms with van der Waals surface area (Å²) in [6.45, 7) is 0. The van der Waals surface area contributed by atoms with E-state index in [-0.39, 0.29) is 28.3 Å². The topological polar surface area (TPSA) is 88.9 Å². The van der Waals surface area contributed by atoms with Crippen molar-refractivity contribution in [1.29, 1.82) is 0 Å². The number of methoxy groups -OCH3 is 1. The highest BCUT2D eigenvalue weighted by Crippen LogP contribution is 2.32. The van der Waals surface area contributed by atoms with Gasteiger partial charge in [-0.25, -0.2) is 18.4 Å². The van der Waals surface area contributed by atoms with E-state index >= 15 is 0 Å². The zero-order valence-corrected chi connectivity index (χ0v) is 19.8. The van der Waals surface area contributed by atoms with E-state index in [1.165, 1.54) is 13.2 Å². The molecule has 5 aromatic rings. The van der Waals surface area contributed by atoms with Crippen molar-refractivity contribution in [1.82, 2.24) is 24.7 Å². The van der Waals surface area contributed by atoms with E-state index in [2.05, 4.69) is 20.1 Å². The normalized spacial score (nSPS) is 11.1. The van der Waals surface area contributed by atoms with Crippen LogP contribution in [-0.2, 0) is 6.42 Å². The Labute approximate surface area is 204 Å². The molecule has 0 unspecified atom stereocenters. The molecular weight excluding hydrogens is 466 g/mol. The van der Waals surface area contributed by atoms with Crippen molar-refractivity contribution in [3.8, 4) is 22.6 Å². The molecule has 0 amide bonds. The second kappa shape index (κ2) is 9.21. The predicted molar refractivity (Wildman–Crippen MR) is 133 cm³/mol. The molecule has 0 fully saturated rings. The van der Waals surface area contributed by atoms with Crippen LogP contribution >= 0.6 is 0 Å². The molecule has 0 aliphatic carbocycles. The first-order valence-electron chi connectivity index (χ1n) is 11.1. The molecule has 8 nitrogen and oxygen atoms in total. The maximum atomic E-state index is 15.0. The van der Waals surface area contributed by atoms with E-state index in [1.807, 2.05) is 36.4 Å². The maximum absolute atomic E-state index is 15.0. The van der Waals surface area contributed by atoms with Gasteiger partial charge in [0.25, 0.3) is 5.56 Å². The number of nitrogens with one attached hydrogen (secondary N) is 1. The standard InChI is InChI=1S/C26H22F2N6O2/c1-33(2)25-21-24(34(32-25)23-19(36-3)11-10-18(27)22(23)28)30-20(31-26(21)35)13-15-6-8-16(9-7-15)17-5-4-12-29-14-17/h4-12,14H,13H2,1-3H3,(H,30,31,35). The summed E-state index contributed by atoms with van der Waals surface area (Å²) < 4.78 is 35.5. The molecule has 0 aliphatic rings. The monoisotopic (exact) mass is 488 g/mol. The van der Waals surface area contributed by atoms with Gasteiger partial charge in [0.15, 0.2) is 23.1 Å². The number of benzene rings is 2. The average Bonchev–Trinajstić information content (AvgIpc) is 3.26. The van der Waals surface area contributed by atoms with Crippen LogP contribution in [-0.4, -0.2) is 45.9 Å². The Bertz CT molecular complexity index is 1610. The van der Waals surface area contributed by atoms with E-state index < -0.39 is 17.2 Å². The molecular formula is C26H22F2N6O2. The largest absolute Gasteiger partial charge is 0.494 e. The van der Waals surface area contributed by atoms with E-state index in [4.69, 9.17) is 4.74 Å². The number of rotatable bonds is 6. The van der Waals surface area contributed by atoms with Gasteiger partial charge < -0.3 is 14.6 Å². The van der Waals surface area contributed by atoms with Crippen molar-refractivity contribution in [2.45, 2.75) is 6.42 Å². The van der Waals surface area contributed by atoms with E-state index in [0.717, 1.165) is 27.4 Å². The van der Waals surface area contributed by atoms with Crippen molar-refractivity contribution < 1.29 is 13.5 Å². The van der Waals surface area contributed by atoms with Gasteiger partial charge in [0, 0.05) is 32.9 Å². The van der Waals surface area contributed by atoms with Crippen LogP contribution in [0, 0.1) is 11.6 Å². The Morgan fingerprint density at radius 2 is 1.83 bits per heavy atom. The summed E-state index contributed by atoms with van der Waals surface area (Å²) in [6, 6.07) is 13.9. The molecule has 0 saturated carbocycles. The van der Waals surface area contributed by atoms with Gasteiger partial charge in [-0.15, -0.1) is 5.10 Å². The lowest BCUT2D eigenvalue weighted by Gasteiger charge is -2.11. The van der Waals surface area contributed by atoms with Gasteiger partial charge in [0.2, 0.25) is 0 Å². The molecule has 10 heteroatoms. The lowest BCUT2D eigenvalue weighted by molar-refractivity contribution is 0.402. The van der Waals surface area contributed by atoms with E-state index in [1.54, 1.807) is 31.4 Å². The van der Waals surface area contributed by atoms with Gasteiger partial charge in [-0.2, -0.15) is 0 Å². The number of H-pyrrole nitrogens is 1. The van der Waals surface area contributed by atoms with Crippen molar-refractivity contribution in [2.75, 3.05) is 26.1 Å². The molecule has 3 heterocycles. The number of ether oxygens (including phenoxy) is 1. The van der Waals surface area contributed by atoms with Gasteiger partial charge in [0.05, 0.1) is 7.11 Å². The molecule has 182 valence electrons.